The highest BCUT2D eigenvalue weighted by atomic mass is 19.2. The van der Waals surface area contributed by atoms with E-state index < -0.39 is 11.6 Å². The van der Waals surface area contributed by atoms with Crippen molar-refractivity contribution < 1.29 is 8.78 Å². The highest BCUT2D eigenvalue weighted by Gasteiger charge is 2.26. The van der Waals surface area contributed by atoms with Gasteiger partial charge in [0.15, 0.2) is 11.6 Å². The van der Waals surface area contributed by atoms with Crippen molar-refractivity contribution in [3.8, 4) is 0 Å². The SMILES string of the molecule is O=c1cc([C@H]2CCN(Cc3ccc(F)c(F)c3)C2)nc(N2CCCC2)[nH]1. The van der Waals surface area contributed by atoms with Crippen LogP contribution in [-0.4, -0.2) is 41.0 Å². The average Bonchev–Trinajstić information content (AvgIpc) is 3.29. The molecule has 0 spiro atoms. The summed E-state index contributed by atoms with van der Waals surface area (Å²) in [6.45, 7) is 4.03. The summed E-state index contributed by atoms with van der Waals surface area (Å²) in [6, 6.07) is 5.62. The Morgan fingerprint density at radius 2 is 1.92 bits per heavy atom. The highest BCUT2D eigenvalue weighted by Crippen LogP contribution is 2.27. The molecule has 1 aromatic heterocycles. The summed E-state index contributed by atoms with van der Waals surface area (Å²) < 4.78 is 26.5. The van der Waals surface area contributed by atoms with Crippen molar-refractivity contribution in [2.75, 3.05) is 31.1 Å². The van der Waals surface area contributed by atoms with Gasteiger partial charge in [0, 0.05) is 38.2 Å². The zero-order chi connectivity index (χ0) is 18.1. The molecule has 1 atom stereocenters. The Morgan fingerprint density at radius 1 is 1.12 bits per heavy atom. The Morgan fingerprint density at radius 3 is 2.69 bits per heavy atom. The van der Waals surface area contributed by atoms with Gasteiger partial charge in [0.1, 0.15) is 0 Å². The molecule has 1 N–H and O–H groups in total. The quantitative estimate of drug-likeness (QED) is 0.911. The minimum atomic E-state index is -0.824. The van der Waals surface area contributed by atoms with Crippen LogP contribution in [0.5, 0.6) is 0 Å². The van der Waals surface area contributed by atoms with Crippen LogP contribution in [0.3, 0.4) is 0 Å². The molecule has 0 aliphatic carbocycles. The lowest BCUT2D eigenvalue weighted by Gasteiger charge is -2.18. The van der Waals surface area contributed by atoms with E-state index in [1.807, 2.05) is 0 Å². The summed E-state index contributed by atoms with van der Waals surface area (Å²) >= 11 is 0. The standard InChI is InChI=1S/C19H22F2N4O/c20-15-4-3-13(9-16(15)21)11-24-8-5-14(12-24)17-10-18(26)23-19(22-17)25-6-1-2-7-25/h3-4,9-10,14H,1-2,5-8,11-12H2,(H,22,23,26)/t14-/m0/s1. The number of hydrogen-bond acceptors (Lipinski definition) is 4. The van der Waals surface area contributed by atoms with E-state index in [4.69, 9.17) is 4.98 Å². The van der Waals surface area contributed by atoms with Crippen molar-refractivity contribution in [2.24, 2.45) is 0 Å². The minimum Gasteiger partial charge on any atom is -0.342 e. The monoisotopic (exact) mass is 360 g/mol. The smallest absolute Gasteiger partial charge is 0.252 e. The number of aromatic nitrogens is 2. The van der Waals surface area contributed by atoms with E-state index in [0.29, 0.717) is 12.5 Å². The fourth-order valence-corrected chi connectivity index (χ4v) is 3.86. The molecule has 0 radical (unpaired) electrons. The molecule has 5 nitrogen and oxygen atoms in total. The van der Waals surface area contributed by atoms with Crippen LogP contribution < -0.4 is 10.5 Å². The predicted molar refractivity (Wildman–Crippen MR) is 95.3 cm³/mol. The van der Waals surface area contributed by atoms with Crippen LogP contribution in [-0.2, 0) is 6.54 Å². The van der Waals surface area contributed by atoms with Crippen LogP contribution in [0.25, 0.3) is 0 Å². The number of anilines is 1. The number of rotatable bonds is 4. The first-order chi connectivity index (χ1) is 12.6. The second-order valence-electron chi connectivity index (χ2n) is 7.16. The van der Waals surface area contributed by atoms with Crippen LogP contribution >= 0.6 is 0 Å². The maximum absolute atomic E-state index is 13.4. The summed E-state index contributed by atoms with van der Waals surface area (Å²) in [5, 5.41) is 0. The van der Waals surface area contributed by atoms with E-state index in [1.165, 1.54) is 12.1 Å². The van der Waals surface area contributed by atoms with Gasteiger partial charge in [-0.3, -0.25) is 14.7 Å². The zero-order valence-electron chi connectivity index (χ0n) is 14.5. The Balaban J connectivity index is 1.46. The maximum atomic E-state index is 13.4. The molecule has 2 aromatic rings. The number of H-pyrrole nitrogens is 1. The van der Waals surface area contributed by atoms with Gasteiger partial charge in [-0.1, -0.05) is 6.07 Å². The molecule has 26 heavy (non-hydrogen) atoms. The Labute approximate surface area is 150 Å². The van der Waals surface area contributed by atoms with Gasteiger partial charge in [-0.25, -0.2) is 13.8 Å². The molecule has 2 aliphatic rings. The minimum absolute atomic E-state index is 0.115. The van der Waals surface area contributed by atoms with Gasteiger partial charge < -0.3 is 4.90 Å². The molecule has 0 unspecified atom stereocenters. The largest absolute Gasteiger partial charge is 0.342 e. The van der Waals surface area contributed by atoms with Crippen LogP contribution in [0.15, 0.2) is 29.1 Å². The molecule has 0 saturated carbocycles. The lowest BCUT2D eigenvalue weighted by atomic mass is 10.0. The van der Waals surface area contributed by atoms with E-state index in [2.05, 4.69) is 14.8 Å². The summed E-state index contributed by atoms with van der Waals surface area (Å²) in [4.78, 5) is 23.9. The van der Waals surface area contributed by atoms with Gasteiger partial charge in [0.25, 0.3) is 5.56 Å². The van der Waals surface area contributed by atoms with Crippen LogP contribution in [0.4, 0.5) is 14.7 Å². The Kier molecular flexibility index (Phi) is 4.72. The number of likely N-dealkylation sites (tertiary alicyclic amines) is 1. The summed E-state index contributed by atoms with van der Waals surface area (Å²) in [5.41, 5.74) is 1.46. The molecule has 3 heterocycles. The Bertz CT molecular complexity index is 848. The van der Waals surface area contributed by atoms with Crippen molar-refractivity contribution in [3.63, 3.8) is 0 Å². The molecule has 2 aliphatic heterocycles. The summed E-state index contributed by atoms with van der Waals surface area (Å²) in [7, 11) is 0. The van der Waals surface area contributed by atoms with Crippen molar-refractivity contribution in [3.05, 3.63) is 57.5 Å². The third-order valence-electron chi connectivity index (χ3n) is 5.24. The van der Waals surface area contributed by atoms with Crippen molar-refractivity contribution >= 4 is 5.95 Å². The molecule has 0 bridgehead atoms. The maximum Gasteiger partial charge on any atom is 0.252 e. The van der Waals surface area contributed by atoms with Gasteiger partial charge in [-0.2, -0.15) is 0 Å². The first kappa shape index (κ1) is 17.1. The molecule has 4 rings (SSSR count). The second-order valence-corrected chi connectivity index (χ2v) is 7.16. The van der Waals surface area contributed by atoms with Crippen molar-refractivity contribution in [1.29, 1.82) is 0 Å². The van der Waals surface area contributed by atoms with Gasteiger partial charge in [0.05, 0.1) is 5.69 Å². The lowest BCUT2D eigenvalue weighted by molar-refractivity contribution is 0.325. The van der Waals surface area contributed by atoms with Gasteiger partial charge in [-0.05, 0) is 43.5 Å². The first-order valence-corrected chi connectivity index (χ1v) is 9.11. The van der Waals surface area contributed by atoms with E-state index >= 15 is 0 Å². The molecule has 138 valence electrons. The molecule has 7 heteroatoms. The number of aromatic amines is 1. The van der Waals surface area contributed by atoms with E-state index in [0.717, 1.165) is 56.7 Å². The zero-order valence-corrected chi connectivity index (χ0v) is 14.5. The molecule has 1 aromatic carbocycles. The molecular formula is C19H22F2N4O. The first-order valence-electron chi connectivity index (χ1n) is 9.11. The number of nitrogens with zero attached hydrogens (tertiary/aromatic N) is 3. The van der Waals surface area contributed by atoms with Crippen molar-refractivity contribution in [1.82, 2.24) is 14.9 Å². The van der Waals surface area contributed by atoms with Gasteiger partial charge in [0.2, 0.25) is 5.95 Å². The van der Waals surface area contributed by atoms with Crippen LogP contribution in [0.2, 0.25) is 0 Å². The molecule has 2 saturated heterocycles. The average molecular weight is 360 g/mol. The Hall–Kier alpha value is -2.28. The number of benzene rings is 1. The lowest BCUT2D eigenvalue weighted by Crippen LogP contribution is -2.25. The van der Waals surface area contributed by atoms with Crippen LogP contribution in [0.1, 0.15) is 36.4 Å². The molecule has 0 amide bonds. The normalized spacial score (nSPS) is 20.8. The third kappa shape index (κ3) is 3.62. The molecule has 2 fully saturated rings. The summed E-state index contributed by atoms with van der Waals surface area (Å²) in [5.74, 6) is -0.784. The second kappa shape index (κ2) is 7.15. The van der Waals surface area contributed by atoms with E-state index in [9.17, 15) is 13.6 Å². The van der Waals surface area contributed by atoms with E-state index in [1.54, 1.807) is 12.1 Å². The molecular weight excluding hydrogens is 338 g/mol. The topological polar surface area (TPSA) is 52.2 Å². The summed E-state index contributed by atoms with van der Waals surface area (Å²) in [6.07, 6.45) is 3.15. The predicted octanol–water partition coefficient (Wildman–Crippen LogP) is 2.64. The van der Waals surface area contributed by atoms with Crippen molar-refractivity contribution in [2.45, 2.75) is 31.7 Å². The number of halogens is 2. The van der Waals surface area contributed by atoms with Gasteiger partial charge >= 0.3 is 0 Å². The highest BCUT2D eigenvalue weighted by molar-refractivity contribution is 5.32. The van der Waals surface area contributed by atoms with Gasteiger partial charge in [-0.15, -0.1) is 0 Å². The number of hydrogen-bond donors (Lipinski definition) is 1. The van der Waals surface area contributed by atoms with E-state index in [-0.39, 0.29) is 11.5 Å². The fourth-order valence-electron chi connectivity index (χ4n) is 3.86. The van der Waals surface area contributed by atoms with Crippen LogP contribution in [0, 0.1) is 11.6 Å². The fraction of sp³-hybridized carbons (Fsp3) is 0.474. The third-order valence-corrected chi connectivity index (χ3v) is 5.24. The number of nitrogens with one attached hydrogen (secondary N) is 1.